The first-order valence-corrected chi connectivity index (χ1v) is 3.99. The number of rotatable bonds is 3. The smallest absolute Gasteiger partial charge is 0.354 e. The SMILES string of the molecule is C[C@H]([C@@H](C)O)n1nccc1C(=O)O. The molecule has 0 spiro atoms. The average molecular weight is 184 g/mol. The Hall–Kier alpha value is -1.36. The standard InChI is InChI=1S/C8H12N2O3/c1-5(6(2)11)10-7(8(12)13)3-4-9-10/h3-6,11H,1-2H3,(H,12,13)/t5-,6-/m1/s1. The van der Waals surface area contributed by atoms with E-state index in [2.05, 4.69) is 5.10 Å². The molecular weight excluding hydrogens is 172 g/mol. The molecule has 1 aromatic heterocycles. The lowest BCUT2D eigenvalue weighted by Gasteiger charge is -2.16. The van der Waals surface area contributed by atoms with E-state index in [1.807, 2.05) is 0 Å². The zero-order valence-electron chi connectivity index (χ0n) is 7.51. The van der Waals surface area contributed by atoms with E-state index in [0.29, 0.717) is 0 Å². The van der Waals surface area contributed by atoms with Crippen LogP contribution >= 0.6 is 0 Å². The van der Waals surface area contributed by atoms with Gasteiger partial charge in [-0.1, -0.05) is 0 Å². The van der Waals surface area contributed by atoms with E-state index in [1.54, 1.807) is 13.8 Å². The predicted molar refractivity (Wildman–Crippen MR) is 45.6 cm³/mol. The summed E-state index contributed by atoms with van der Waals surface area (Å²) in [5.74, 6) is -1.04. The molecule has 72 valence electrons. The van der Waals surface area contributed by atoms with Gasteiger partial charge in [0.2, 0.25) is 0 Å². The lowest BCUT2D eigenvalue weighted by Crippen LogP contribution is -2.22. The minimum atomic E-state index is -1.04. The Morgan fingerprint density at radius 1 is 1.62 bits per heavy atom. The van der Waals surface area contributed by atoms with Crippen molar-refractivity contribution < 1.29 is 15.0 Å². The van der Waals surface area contributed by atoms with Crippen LogP contribution in [0.3, 0.4) is 0 Å². The van der Waals surface area contributed by atoms with Crippen LogP contribution in [0.5, 0.6) is 0 Å². The number of nitrogens with zero attached hydrogens (tertiary/aromatic N) is 2. The monoisotopic (exact) mass is 184 g/mol. The Kier molecular flexibility index (Phi) is 2.67. The molecule has 0 amide bonds. The summed E-state index contributed by atoms with van der Waals surface area (Å²) in [6, 6.07) is 1.07. The van der Waals surface area contributed by atoms with Crippen molar-refractivity contribution >= 4 is 5.97 Å². The zero-order valence-corrected chi connectivity index (χ0v) is 7.51. The summed E-state index contributed by atoms with van der Waals surface area (Å²) in [6.45, 7) is 3.31. The fourth-order valence-corrected chi connectivity index (χ4v) is 1.01. The number of hydrogen-bond acceptors (Lipinski definition) is 3. The van der Waals surface area contributed by atoms with Crippen molar-refractivity contribution in [2.24, 2.45) is 0 Å². The van der Waals surface area contributed by atoms with Gasteiger partial charge < -0.3 is 10.2 Å². The number of carbonyl (C=O) groups is 1. The maximum absolute atomic E-state index is 10.7. The van der Waals surface area contributed by atoms with Crippen molar-refractivity contribution in [2.45, 2.75) is 26.0 Å². The summed E-state index contributed by atoms with van der Waals surface area (Å²) < 4.78 is 1.30. The van der Waals surface area contributed by atoms with Crippen LogP contribution in [0.15, 0.2) is 12.3 Å². The third-order valence-corrected chi connectivity index (χ3v) is 1.97. The van der Waals surface area contributed by atoms with Crippen LogP contribution < -0.4 is 0 Å². The van der Waals surface area contributed by atoms with E-state index in [1.165, 1.54) is 16.9 Å². The van der Waals surface area contributed by atoms with Crippen molar-refractivity contribution in [3.05, 3.63) is 18.0 Å². The Morgan fingerprint density at radius 2 is 2.23 bits per heavy atom. The minimum absolute atomic E-state index is 0.0911. The van der Waals surface area contributed by atoms with Crippen molar-refractivity contribution in [1.29, 1.82) is 0 Å². The third-order valence-electron chi connectivity index (χ3n) is 1.97. The lowest BCUT2D eigenvalue weighted by molar-refractivity contribution is 0.0668. The van der Waals surface area contributed by atoms with Gasteiger partial charge in [0.05, 0.1) is 12.1 Å². The van der Waals surface area contributed by atoms with Gasteiger partial charge in [0.1, 0.15) is 5.69 Å². The second-order valence-corrected chi connectivity index (χ2v) is 2.95. The van der Waals surface area contributed by atoms with E-state index in [0.717, 1.165) is 0 Å². The van der Waals surface area contributed by atoms with Crippen molar-refractivity contribution in [1.82, 2.24) is 9.78 Å². The van der Waals surface area contributed by atoms with Crippen LogP contribution in [0.2, 0.25) is 0 Å². The number of aromatic nitrogens is 2. The first-order valence-electron chi connectivity index (χ1n) is 3.99. The number of hydrogen-bond donors (Lipinski definition) is 2. The molecule has 2 N–H and O–H groups in total. The fraction of sp³-hybridized carbons (Fsp3) is 0.500. The van der Waals surface area contributed by atoms with Gasteiger partial charge in [-0.15, -0.1) is 0 Å². The molecular formula is C8H12N2O3. The van der Waals surface area contributed by atoms with Crippen LogP contribution in [0, 0.1) is 0 Å². The molecule has 1 rings (SSSR count). The topological polar surface area (TPSA) is 75.3 Å². The number of carboxylic acid groups (broad SMARTS) is 1. The predicted octanol–water partition coefficient (Wildman–Crippen LogP) is 0.523. The summed E-state index contributed by atoms with van der Waals surface area (Å²) in [6.07, 6.45) is 0.778. The van der Waals surface area contributed by atoms with Gasteiger partial charge in [-0.25, -0.2) is 4.79 Å². The molecule has 0 radical (unpaired) electrons. The summed E-state index contributed by atoms with van der Waals surface area (Å²) in [4.78, 5) is 10.7. The molecule has 5 heteroatoms. The number of carboxylic acids is 1. The van der Waals surface area contributed by atoms with Crippen molar-refractivity contribution in [3.63, 3.8) is 0 Å². The molecule has 0 aliphatic rings. The molecule has 0 unspecified atom stereocenters. The van der Waals surface area contributed by atoms with Crippen LogP contribution in [-0.2, 0) is 0 Å². The van der Waals surface area contributed by atoms with Gasteiger partial charge in [-0.3, -0.25) is 4.68 Å². The highest BCUT2D eigenvalue weighted by atomic mass is 16.4. The molecule has 0 aliphatic carbocycles. The van der Waals surface area contributed by atoms with E-state index in [-0.39, 0.29) is 11.7 Å². The summed E-state index contributed by atoms with van der Waals surface area (Å²) in [7, 11) is 0. The van der Waals surface area contributed by atoms with Gasteiger partial charge in [0, 0.05) is 6.20 Å². The van der Waals surface area contributed by atoms with Crippen molar-refractivity contribution in [2.75, 3.05) is 0 Å². The minimum Gasteiger partial charge on any atom is -0.477 e. The molecule has 5 nitrogen and oxygen atoms in total. The highest BCUT2D eigenvalue weighted by Crippen LogP contribution is 2.12. The second kappa shape index (κ2) is 3.57. The lowest BCUT2D eigenvalue weighted by atomic mass is 10.2. The van der Waals surface area contributed by atoms with Crippen LogP contribution in [-0.4, -0.2) is 32.1 Å². The normalized spacial score (nSPS) is 15.3. The third kappa shape index (κ3) is 1.86. The van der Waals surface area contributed by atoms with E-state index in [9.17, 15) is 9.90 Å². The Bertz CT molecular complexity index is 306. The summed E-state index contributed by atoms with van der Waals surface area (Å²) in [5, 5.41) is 21.8. The largest absolute Gasteiger partial charge is 0.477 e. The van der Waals surface area contributed by atoms with E-state index < -0.39 is 12.1 Å². The molecule has 0 fully saturated rings. The maximum atomic E-state index is 10.7. The highest BCUT2D eigenvalue weighted by Gasteiger charge is 2.18. The summed E-state index contributed by atoms with van der Waals surface area (Å²) >= 11 is 0. The molecule has 13 heavy (non-hydrogen) atoms. The quantitative estimate of drug-likeness (QED) is 0.718. The number of aliphatic hydroxyl groups is 1. The van der Waals surface area contributed by atoms with Crippen LogP contribution in [0.25, 0.3) is 0 Å². The molecule has 0 saturated heterocycles. The number of aromatic carboxylic acids is 1. The Labute approximate surface area is 75.6 Å². The Balaban J connectivity index is 3.00. The van der Waals surface area contributed by atoms with Gasteiger partial charge in [-0.05, 0) is 19.9 Å². The highest BCUT2D eigenvalue weighted by molar-refractivity contribution is 5.85. The van der Waals surface area contributed by atoms with Gasteiger partial charge in [0.25, 0.3) is 0 Å². The molecule has 0 bridgehead atoms. The van der Waals surface area contributed by atoms with Crippen LogP contribution in [0.1, 0.15) is 30.4 Å². The fourth-order valence-electron chi connectivity index (χ4n) is 1.01. The summed E-state index contributed by atoms with van der Waals surface area (Å²) in [5.41, 5.74) is 0.0911. The molecule has 2 atom stereocenters. The Morgan fingerprint density at radius 3 is 2.69 bits per heavy atom. The number of aliphatic hydroxyl groups excluding tert-OH is 1. The van der Waals surface area contributed by atoms with Crippen molar-refractivity contribution in [3.8, 4) is 0 Å². The second-order valence-electron chi connectivity index (χ2n) is 2.95. The molecule has 0 aromatic carbocycles. The molecule has 0 saturated carbocycles. The van der Waals surface area contributed by atoms with Gasteiger partial charge >= 0.3 is 5.97 Å². The maximum Gasteiger partial charge on any atom is 0.354 e. The van der Waals surface area contributed by atoms with Gasteiger partial charge in [0.15, 0.2) is 0 Å². The molecule has 1 aromatic rings. The van der Waals surface area contributed by atoms with E-state index in [4.69, 9.17) is 5.11 Å². The molecule has 1 heterocycles. The van der Waals surface area contributed by atoms with E-state index >= 15 is 0 Å². The average Bonchev–Trinajstić information content (AvgIpc) is 2.50. The zero-order chi connectivity index (χ0) is 10.0. The van der Waals surface area contributed by atoms with Crippen LogP contribution in [0.4, 0.5) is 0 Å². The first-order chi connectivity index (χ1) is 6.04. The van der Waals surface area contributed by atoms with Gasteiger partial charge in [-0.2, -0.15) is 5.10 Å². The first kappa shape index (κ1) is 9.73. The molecule has 0 aliphatic heterocycles.